The van der Waals surface area contributed by atoms with Crippen LogP contribution in [0.25, 0.3) is 11.5 Å². The van der Waals surface area contributed by atoms with Gasteiger partial charge in [0, 0.05) is 24.9 Å². The van der Waals surface area contributed by atoms with Gasteiger partial charge in [-0.1, -0.05) is 17.3 Å². The molecule has 2 aromatic carbocycles. The molecule has 0 N–H and O–H groups in total. The molecule has 1 aliphatic rings. The van der Waals surface area contributed by atoms with Crippen molar-refractivity contribution in [2.45, 2.75) is 25.3 Å². The van der Waals surface area contributed by atoms with Crippen LogP contribution in [-0.4, -0.2) is 48.8 Å². The lowest BCUT2D eigenvalue weighted by molar-refractivity contribution is -0.129. The molecule has 2 unspecified atom stereocenters. The molecule has 0 aliphatic carbocycles. The average Bonchev–Trinajstić information content (AvgIpc) is 3.45. The summed E-state index contributed by atoms with van der Waals surface area (Å²) in [6.07, 6.45) is 0.346. The molecule has 4 rings (SSSR count). The minimum atomic E-state index is -0.130. The summed E-state index contributed by atoms with van der Waals surface area (Å²) in [5.41, 5.74) is 1.72. The highest BCUT2D eigenvalue weighted by atomic mass is 16.5. The van der Waals surface area contributed by atoms with Crippen molar-refractivity contribution in [1.29, 1.82) is 0 Å². The van der Waals surface area contributed by atoms with E-state index < -0.39 is 0 Å². The molecule has 2 atom stereocenters. The highest BCUT2D eigenvalue weighted by Gasteiger charge is 2.36. The van der Waals surface area contributed by atoms with Crippen molar-refractivity contribution < 1.29 is 23.5 Å². The molecule has 8 nitrogen and oxygen atoms in total. The average molecular weight is 423 g/mol. The van der Waals surface area contributed by atoms with Crippen molar-refractivity contribution >= 4 is 5.91 Å². The summed E-state index contributed by atoms with van der Waals surface area (Å²) in [6.45, 7) is 2.55. The van der Waals surface area contributed by atoms with Crippen molar-refractivity contribution in [3.8, 4) is 28.7 Å². The number of amides is 1. The topological polar surface area (TPSA) is 86.9 Å². The second-order valence-electron chi connectivity index (χ2n) is 7.42. The molecular weight excluding hydrogens is 398 g/mol. The van der Waals surface area contributed by atoms with Crippen LogP contribution in [0.1, 0.15) is 36.7 Å². The summed E-state index contributed by atoms with van der Waals surface area (Å²) >= 11 is 0. The zero-order valence-corrected chi connectivity index (χ0v) is 18.0. The SMILES string of the molecule is COc1ccc(C(C)N2CC(c3noc(-c4ccc(OC)cc4OC)n3)CC2=O)cc1. The standard InChI is InChI=1S/C23H25N3O5/c1-14(15-5-7-17(28-2)8-6-15)26-13-16(11-21(26)27)22-24-23(31-25-22)19-10-9-18(29-3)12-20(19)30-4/h5-10,12,14,16H,11,13H2,1-4H3. The van der Waals surface area contributed by atoms with E-state index in [1.54, 1.807) is 33.5 Å². The van der Waals surface area contributed by atoms with Gasteiger partial charge in [0.25, 0.3) is 5.89 Å². The van der Waals surface area contributed by atoms with Crippen LogP contribution < -0.4 is 14.2 Å². The molecule has 0 radical (unpaired) electrons. The molecule has 1 aromatic heterocycles. The summed E-state index contributed by atoms with van der Waals surface area (Å²) in [5, 5.41) is 4.15. The normalized spacial score (nSPS) is 17.0. The largest absolute Gasteiger partial charge is 0.497 e. The van der Waals surface area contributed by atoms with E-state index in [0.29, 0.717) is 41.7 Å². The number of benzene rings is 2. The highest BCUT2D eigenvalue weighted by molar-refractivity contribution is 5.80. The third-order valence-corrected chi connectivity index (χ3v) is 5.67. The van der Waals surface area contributed by atoms with Gasteiger partial charge in [0.05, 0.1) is 32.9 Å². The molecule has 1 saturated heterocycles. The van der Waals surface area contributed by atoms with E-state index in [1.165, 1.54) is 0 Å². The van der Waals surface area contributed by atoms with E-state index in [9.17, 15) is 4.79 Å². The lowest BCUT2D eigenvalue weighted by Crippen LogP contribution is -2.28. The fraction of sp³-hybridized carbons (Fsp3) is 0.348. The summed E-state index contributed by atoms with van der Waals surface area (Å²) in [7, 11) is 4.80. The van der Waals surface area contributed by atoms with E-state index in [1.807, 2.05) is 42.2 Å². The lowest BCUT2D eigenvalue weighted by atomic mass is 10.1. The van der Waals surface area contributed by atoms with Crippen LogP contribution in [0, 0.1) is 0 Å². The van der Waals surface area contributed by atoms with Gasteiger partial charge in [0.1, 0.15) is 17.2 Å². The van der Waals surface area contributed by atoms with E-state index in [4.69, 9.17) is 18.7 Å². The highest BCUT2D eigenvalue weighted by Crippen LogP contribution is 2.36. The maximum absolute atomic E-state index is 12.7. The first-order valence-electron chi connectivity index (χ1n) is 10.0. The minimum absolute atomic E-state index is 0.0588. The van der Waals surface area contributed by atoms with Crippen LogP contribution in [0.15, 0.2) is 47.0 Å². The van der Waals surface area contributed by atoms with E-state index in [2.05, 4.69) is 10.1 Å². The summed E-state index contributed by atoms with van der Waals surface area (Å²) in [5.74, 6) is 2.84. The molecule has 1 aliphatic heterocycles. The third-order valence-electron chi connectivity index (χ3n) is 5.67. The molecule has 0 spiro atoms. The number of nitrogens with zero attached hydrogens (tertiary/aromatic N) is 3. The van der Waals surface area contributed by atoms with Crippen molar-refractivity contribution in [3.63, 3.8) is 0 Å². The molecule has 3 aromatic rings. The quantitative estimate of drug-likeness (QED) is 0.571. The fourth-order valence-electron chi connectivity index (χ4n) is 3.83. The van der Waals surface area contributed by atoms with Gasteiger partial charge < -0.3 is 23.6 Å². The van der Waals surface area contributed by atoms with Crippen LogP contribution in [0.5, 0.6) is 17.2 Å². The van der Waals surface area contributed by atoms with E-state index in [-0.39, 0.29) is 17.9 Å². The van der Waals surface area contributed by atoms with Gasteiger partial charge in [-0.25, -0.2) is 0 Å². The van der Waals surface area contributed by atoms with Gasteiger partial charge in [-0.2, -0.15) is 4.98 Å². The molecule has 0 bridgehead atoms. The Morgan fingerprint density at radius 1 is 1.03 bits per heavy atom. The zero-order valence-electron chi connectivity index (χ0n) is 18.0. The Kier molecular flexibility index (Phi) is 5.79. The Labute approximate surface area is 180 Å². The first-order chi connectivity index (χ1) is 15.0. The molecular formula is C23H25N3O5. The molecule has 1 amide bonds. The maximum atomic E-state index is 12.7. The van der Waals surface area contributed by atoms with Gasteiger partial charge in [0.15, 0.2) is 5.82 Å². The summed E-state index contributed by atoms with van der Waals surface area (Å²) < 4.78 is 21.4. The number of likely N-dealkylation sites (tertiary alicyclic amines) is 1. The van der Waals surface area contributed by atoms with E-state index in [0.717, 1.165) is 11.3 Å². The Morgan fingerprint density at radius 2 is 1.74 bits per heavy atom. The molecule has 0 saturated carbocycles. The maximum Gasteiger partial charge on any atom is 0.261 e. The molecule has 1 fully saturated rings. The van der Waals surface area contributed by atoms with Gasteiger partial charge >= 0.3 is 0 Å². The van der Waals surface area contributed by atoms with Crippen molar-refractivity contribution in [3.05, 3.63) is 53.9 Å². The summed E-state index contributed by atoms with van der Waals surface area (Å²) in [6, 6.07) is 13.1. The van der Waals surface area contributed by atoms with Gasteiger partial charge in [0.2, 0.25) is 5.91 Å². The number of carbonyl (C=O) groups is 1. The third kappa shape index (κ3) is 4.05. The van der Waals surface area contributed by atoms with E-state index >= 15 is 0 Å². The van der Waals surface area contributed by atoms with Gasteiger partial charge in [-0.15, -0.1) is 0 Å². The van der Waals surface area contributed by atoms with Crippen LogP contribution in [-0.2, 0) is 4.79 Å². The first-order valence-corrected chi connectivity index (χ1v) is 10.0. The predicted molar refractivity (Wildman–Crippen MR) is 113 cm³/mol. The molecule has 162 valence electrons. The number of methoxy groups -OCH3 is 3. The first kappa shape index (κ1) is 20.7. The van der Waals surface area contributed by atoms with Gasteiger partial charge in [-0.3, -0.25) is 4.79 Å². The number of carbonyl (C=O) groups excluding carboxylic acids is 1. The Bertz CT molecular complexity index is 1060. The van der Waals surface area contributed by atoms with Crippen molar-refractivity contribution in [1.82, 2.24) is 15.0 Å². The van der Waals surface area contributed by atoms with Crippen LogP contribution in [0.3, 0.4) is 0 Å². The zero-order chi connectivity index (χ0) is 22.0. The monoisotopic (exact) mass is 423 g/mol. The second-order valence-corrected chi connectivity index (χ2v) is 7.42. The van der Waals surface area contributed by atoms with Crippen molar-refractivity contribution in [2.24, 2.45) is 0 Å². The number of hydrogen-bond acceptors (Lipinski definition) is 7. The molecule has 8 heteroatoms. The summed E-state index contributed by atoms with van der Waals surface area (Å²) in [4.78, 5) is 19.1. The Balaban J connectivity index is 1.52. The fourth-order valence-corrected chi connectivity index (χ4v) is 3.83. The van der Waals surface area contributed by atoms with Crippen molar-refractivity contribution in [2.75, 3.05) is 27.9 Å². The molecule has 2 heterocycles. The Morgan fingerprint density at radius 3 is 2.42 bits per heavy atom. The molecule has 31 heavy (non-hydrogen) atoms. The lowest BCUT2D eigenvalue weighted by Gasteiger charge is -2.25. The predicted octanol–water partition coefficient (Wildman–Crippen LogP) is 3.84. The van der Waals surface area contributed by atoms with Gasteiger partial charge in [-0.05, 0) is 36.8 Å². The smallest absolute Gasteiger partial charge is 0.261 e. The van der Waals surface area contributed by atoms with Crippen LogP contribution in [0.4, 0.5) is 0 Å². The van der Waals surface area contributed by atoms with Crippen LogP contribution in [0.2, 0.25) is 0 Å². The number of rotatable bonds is 7. The second kappa shape index (κ2) is 8.67. The van der Waals surface area contributed by atoms with Crippen LogP contribution >= 0.6 is 0 Å². The Hall–Kier alpha value is -3.55. The number of ether oxygens (including phenoxy) is 3. The number of hydrogen-bond donors (Lipinski definition) is 0. The number of aromatic nitrogens is 2. The minimum Gasteiger partial charge on any atom is -0.497 e.